The number of aromatic nitrogens is 3. The Kier molecular flexibility index (Phi) is 8.79. The van der Waals surface area contributed by atoms with Crippen molar-refractivity contribution in [1.82, 2.24) is 30.7 Å². The van der Waals surface area contributed by atoms with Crippen LogP contribution in [0.4, 0.5) is 0 Å². The number of guanidine groups is 1. The van der Waals surface area contributed by atoms with E-state index in [1.165, 1.54) is 0 Å². The summed E-state index contributed by atoms with van der Waals surface area (Å²) < 4.78 is 5.31. The van der Waals surface area contributed by atoms with Gasteiger partial charge in [-0.2, -0.15) is 0 Å². The summed E-state index contributed by atoms with van der Waals surface area (Å²) in [5.74, 6) is 2.71. The van der Waals surface area contributed by atoms with Gasteiger partial charge in [-0.05, 0) is 31.9 Å². The van der Waals surface area contributed by atoms with E-state index in [1.807, 2.05) is 18.2 Å². The smallest absolute Gasteiger partial charge is 0.216 e. The van der Waals surface area contributed by atoms with E-state index in [-0.39, 0.29) is 24.0 Å². The summed E-state index contributed by atoms with van der Waals surface area (Å²) >= 11 is 0. The molecular formula is C18H28IN7O. The molecule has 1 aliphatic heterocycles. The fourth-order valence-corrected chi connectivity index (χ4v) is 2.99. The Morgan fingerprint density at radius 2 is 2.30 bits per heavy atom. The first-order valence-corrected chi connectivity index (χ1v) is 9.11. The molecule has 3 rings (SSSR count). The molecule has 1 saturated heterocycles. The third-order valence-electron chi connectivity index (χ3n) is 4.32. The Labute approximate surface area is 176 Å². The average Bonchev–Trinajstić information content (AvgIpc) is 3.33. The minimum absolute atomic E-state index is 0. The normalized spacial score (nSPS) is 16.0. The van der Waals surface area contributed by atoms with Gasteiger partial charge in [0.25, 0.3) is 0 Å². The number of nitrogens with zero attached hydrogens (tertiary/aromatic N) is 4. The van der Waals surface area contributed by atoms with Gasteiger partial charge >= 0.3 is 0 Å². The number of piperidine rings is 1. The molecular weight excluding hydrogens is 457 g/mol. The van der Waals surface area contributed by atoms with E-state index in [4.69, 9.17) is 4.42 Å². The highest BCUT2D eigenvalue weighted by Crippen LogP contribution is 2.14. The zero-order valence-electron chi connectivity index (χ0n) is 15.6. The Morgan fingerprint density at radius 3 is 2.96 bits per heavy atom. The third kappa shape index (κ3) is 6.35. The summed E-state index contributed by atoms with van der Waals surface area (Å²) in [6.07, 6.45) is 5.77. The van der Waals surface area contributed by atoms with Crippen molar-refractivity contribution in [3.8, 4) is 11.6 Å². The topological polar surface area (TPSA) is 94.4 Å². The van der Waals surface area contributed by atoms with Crippen LogP contribution in [-0.2, 0) is 6.54 Å². The summed E-state index contributed by atoms with van der Waals surface area (Å²) in [7, 11) is 0. The highest BCUT2D eigenvalue weighted by molar-refractivity contribution is 14.0. The maximum Gasteiger partial charge on any atom is 0.216 e. The summed E-state index contributed by atoms with van der Waals surface area (Å²) in [6, 6.07) is 4.08. The maximum atomic E-state index is 5.31. The van der Waals surface area contributed by atoms with Crippen LogP contribution in [0.3, 0.4) is 0 Å². The van der Waals surface area contributed by atoms with Crippen molar-refractivity contribution in [2.75, 3.05) is 26.2 Å². The second-order valence-corrected chi connectivity index (χ2v) is 6.29. The molecule has 9 heteroatoms. The molecule has 1 aliphatic rings. The molecule has 0 unspecified atom stereocenters. The lowest BCUT2D eigenvalue weighted by Crippen LogP contribution is -2.48. The van der Waals surface area contributed by atoms with Crippen molar-refractivity contribution >= 4 is 29.9 Å². The minimum Gasteiger partial charge on any atom is -0.461 e. The number of nitrogens with one attached hydrogen (secondary N) is 3. The molecule has 0 radical (unpaired) electrons. The SMILES string of the molecule is C=CCN1CCC(NC(=NCc2nc(-c3ccco3)n[nH]2)NCC)CC1.I. The van der Waals surface area contributed by atoms with Crippen molar-refractivity contribution in [2.45, 2.75) is 32.4 Å². The molecule has 0 saturated carbocycles. The lowest BCUT2D eigenvalue weighted by molar-refractivity contribution is 0.225. The van der Waals surface area contributed by atoms with Crippen molar-refractivity contribution in [2.24, 2.45) is 4.99 Å². The fraction of sp³-hybridized carbons (Fsp3) is 0.500. The number of likely N-dealkylation sites (tertiary alicyclic amines) is 1. The second kappa shape index (κ2) is 11.1. The van der Waals surface area contributed by atoms with E-state index in [0.29, 0.717) is 30.0 Å². The first-order valence-electron chi connectivity index (χ1n) is 9.11. The first-order chi connectivity index (χ1) is 12.8. The molecule has 2 aromatic rings. The molecule has 0 amide bonds. The van der Waals surface area contributed by atoms with Crippen molar-refractivity contribution in [1.29, 1.82) is 0 Å². The number of hydrogen-bond acceptors (Lipinski definition) is 5. The van der Waals surface area contributed by atoms with Gasteiger partial charge in [-0.1, -0.05) is 6.08 Å². The summed E-state index contributed by atoms with van der Waals surface area (Å²) in [5.41, 5.74) is 0. The van der Waals surface area contributed by atoms with E-state index in [2.05, 4.69) is 49.2 Å². The summed E-state index contributed by atoms with van der Waals surface area (Å²) in [5, 5.41) is 13.9. The number of halogens is 1. The standard InChI is InChI=1S/C18H27N7O.HI/c1-3-9-25-10-7-14(8-11-25)21-18(19-4-2)20-13-16-22-17(24-23-16)15-6-5-12-26-15;/h3,5-6,12,14H,1,4,7-11,13H2,2H3,(H2,19,20,21)(H,22,23,24);1H. The molecule has 3 N–H and O–H groups in total. The Hall–Kier alpha value is -1.88. The number of aromatic amines is 1. The van der Waals surface area contributed by atoms with Gasteiger partial charge in [0, 0.05) is 32.2 Å². The lowest BCUT2D eigenvalue weighted by Gasteiger charge is -2.32. The highest BCUT2D eigenvalue weighted by atomic mass is 127. The van der Waals surface area contributed by atoms with Gasteiger partial charge < -0.3 is 15.1 Å². The van der Waals surface area contributed by atoms with Crippen LogP contribution in [0.25, 0.3) is 11.6 Å². The second-order valence-electron chi connectivity index (χ2n) is 6.29. The molecule has 3 heterocycles. The maximum absolute atomic E-state index is 5.31. The zero-order valence-corrected chi connectivity index (χ0v) is 18.0. The predicted octanol–water partition coefficient (Wildman–Crippen LogP) is 2.39. The van der Waals surface area contributed by atoms with Crippen molar-refractivity contribution in [3.63, 3.8) is 0 Å². The number of aliphatic imine (C=N–C) groups is 1. The van der Waals surface area contributed by atoms with Gasteiger partial charge in [0.05, 0.1) is 6.26 Å². The molecule has 0 bridgehead atoms. The molecule has 1 fully saturated rings. The molecule has 27 heavy (non-hydrogen) atoms. The monoisotopic (exact) mass is 485 g/mol. The van der Waals surface area contributed by atoms with Crippen LogP contribution in [-0.4, -0.2) is 58.3 Å². The van der Waals surface area contributed by atoms with E-state index in [9.17, 15) is 0 Å². The van der Waals surface area contributed by atoms with E-state index in [0.717, 1.165) is 45.0 Å². The van der Waals surface area contributed by atoms with Crippen molar-refractivity contribution < 1.29 is 4.42 Å². The van der Waals surface area contributed by atoms with Crippen molar-refractivity contribution in [3.05, 3.63) is 36.9 Å². The number of H-pyrrole nitrogens is 1. The highest BCUT2D eigenvalue weighted by Gasteiger charge is 2.19. The molecule has 0 aromatic carbocycles. The Morgan fingerprint density at radius 1 is 1.48 bits per heavy atom. The summed E-state index contributed by atoms with van der Waals surface area (Å²) in [4.78, 5) is 11.5. The number of furan rings is 1. The molecule has 2 aromatic heterocycles. The molecule has 0 aliphatic carbocycles. The van der Waals surface area contributed by atoms with Crippen LogP contribution in [0.15, 0.2) is 40.5 Å². The predicted molar refractivity (Wildman–Crippen MR) is 117 cm³/mol. The van der Waals surface area contributed by atoms with Crippen LogP contribution >= 0.6 is 24.0 Å². The number of hydrogen-bond donors (Lipinski definition) is 3. The quantitative estimate of drug-likeness (QED) is 0.241. The third-order valence-corrected chi connectivity index (χ3v) is 4.32. The van der Waals surface area contributed by atoms with Gasteiger partial charge in [0.1, 0.15) is 12.4 Å². The van der Waals surface area contributed by atoms with Gasteiger partial charge in [-0.25, -0.2) is 9.98 Å². The minimum atomic E-state index is 0. The lowest BCUT2D eigenvalue weighted by atomic mass is 10.1. The number of rotatable bonds is 7. The van der Waals surface area contributed by atoms with Crippen LogP contribution in [0, 0.1) is 0 Å². The first kappa shape index (κ1) is 21.4. The molecule has 0 atom stereocenters. The van der Waals surface area contributed by atoms with E-state index in [1.54, 1.807) is 6.26 Å². The average molecular weight is 485 g/mol. The van der Waals surface area contributed by atoms with E-state index >= 15 is 0 Å². The van der Waals surface area contributed by atoms with Gasteiger partial charge in [0.15, 0.2) is 11.7 Å². The molecule has 8 nitrogen and oxygen atoms in total. The van der Waals surface area contributed by atoms with E-state index < -0.39 is 0 Å². The van der Waals surface area contributed by atoms with Crippen LogP contribution in [0.1, 0.15) is 25.6 Å². The van der Waals surface area contributed by atoms with Crippen LogP contribution in [0.5, 0.6) is 0 Å². The van der Waals surface area contributed by atoms with Crippen LogP contribution in [0.2, 0.25) is 0 Å². The van der Waals surface area contributed by atoms with Gasteiger partial charge in [0.2, 0.25) is 5.82 Å². The van der Waals surface area contributed by atoms with Gasteiger partial charge in [-0.3, -0.25) is 10.00 Å². The fourth-order valence-electron chi connectivity index (χ4n) is 2.99. The zero-order chi connectivity index (χ0) is 18.2. The van der Waals surface area contributed by atoms with Gasteiger partial charge in [-0.15, -0.1) is 35.7 Å². The largest absolute Gasteiger partial charge is 0.461 e. The summed E-state index contributed by atoms with van der Waals surface area (Å²) in [6.45, 7) is 10.2. The van der Waals surface area contributed by atoms with Crippen LogP contribution < -0.4 is 10.6 Å². The Balaban J connectivity index is 0.00000261. The Bertz CT molecular complexity index is 705. The molecule has 148 valence electrons. The molecule has 0 spiro atoms.